The van der Waals surface area contributed by atoms with Crippen LogP contribution in [0.25, 0.3) is 0 Å². The number of halogens is 3. The standard InChI is InChI=1S/C23H29Cl3N2O4S2/c1-17(5-3-13-27-14-4-6-21(16-27)33(2,29)30)28(23-15-19(25)9-12-22(23)26)34(31,32)20-10-7-18(24)8-11-20/h7-12,15,17,21H,3-6,13-14,16H2,1-2H3. The van der Waals surface area contributed by atoms with Crippen molar-refractivity contribution in [3.8, 4) is 0 Å². The number of likely N-dealkylation sites (tertiary alicyclic amines) is 1. The van der Waals surface area contributed by atoms with E-state index < -0.39 is 25.9 Å². The maximum absolute atomic E-state index is 13.7. The van der Waals surface area contributed by atoms with Crippen LogP contribution in [0, 0.1) is 0 Å². The Morgan fingerprint density at radius 2 is 1.68 bits per heavy atom. The summed E-state index contributed by atoms with van der Waals surface area (Å²) in [5, 5.41) is 0.753. The van der Waals surface area contributed by atoms with E-state index in [1.54, 1.807) is 18.2 Å². The molecular weight excluding hydrogens is 539 g/mol. The van der Waals surface area contributed by atoms with Gasteiger partial charge in [-0.2, -0.15) is 0 Å². The molecule has 0 spiro atoms. The minimum atomic E-state index is -3.95. The molecule has 1 fully saturated rings. The van der Waals surface area contributed by atoms with Crippen molar-refractivity contribution in [3.63, 3.8) is 0 Å². The average Bonchev–Trinajstić information content (AvgIpc) is 2.76. The SMILES string of the molecule is CC(CCCN1CCCC(S(C)(=O)=O)C1)N(c1cc(Cl)ccc1Cl)S(=O)(=O)c1ccc(Cl)cc1. The van der Waals surface area contributed by atoms with Gasteiger partial charge < -0.3 is 4.90 Å². The third kappa shape index (κ3) is 6.80. The first-order valence-corrected chi connectivity index (χ1v) is 15.6. The number of hydrogen-bond acceptors (Lipinski definition) is 5. The van der Waals surface area contributed by atoms with E-state index in [4.69, 9.17) is 34.8 Å². The highest BCUT2D eigenvalue weighted by Gasteiger charge is 2.32. The predicted molar refractivity (Wildman–Crippen MR) is 141 cm³/mol. The summed E-state index contributed by atoms with van der Waals surface area (Å²) < 4.78 is 52.6. The van der Waals surface area contributed by atoms with Crippen LogP contribution in [0.15, 0.2) is 47.4 Å². The number of anilines is 1. The van der Waals surface area contributed by atoms with Gasteiger partial charge >= 0.3 is 0 Å². The molecule has 2 aromatic rings. The lowest BCUT2D eigenvalue weighted by Crippen LogP contribution is -2.43. The van der Waals surface area contributed by atoms with Gasteiger partial charge in [0.15, 0.2) is 9.84 Å². The summed E-state index contributed by atoms with van der Waals surface area (Å²) >= 11 is 18.6. The first kappa shape index (κ1) is 27.6. The van der Waals surface area contributed by atoms with Crippen molar-refractivity contribution in [1.82, 2.24) is 4.90 Å². The van der Waals surface area contributed by atoms with Crippen molar-refractivity contribution in [2.24, 2.45) is 0 Å². The Balaban J connectivity index is 1.81. The van der Waals surface area contributed by atoms with Gasteiger partial charge in [0.25, 0.3) is 10.0 Å². The molecular formula is C23H29Cl3N2O4S2. The van der Waals surface area contributed by atoms with Crippen LogP contribution in [-0.2, 0) is 19.9 Å². The highest BCUT2D eigenvalue weighted by Crippen LogP contribution is 2.35. The van der Waals surface area contributed by atoms with E-state index in [0.717, 1.165) is 13.0 Å². The number of nitrogens with zero attached hydrogens (tertiary/aromatic N) is 2. The Labute approximate surface area is 217 Å². The van der Waals surface area contributed by atoms with Gasteiger partial charge in [-0.25, -0.2) is 16.8 Å². The smallest absolute Gasteiger partial charge is 0.264 e. The summed E-state index contributed by atoms with van der Waals surface area (Å²) in [5.41, 5.74) is 0.312. The van der Waals surface area contributed by atoms with Crippen molar-refractivity contribution < 1.29 is 16.8 Å². The Bertz CT molecular complexity index is 1210. The molecule has 2 unspecified atom stereocenters. The van der Waals surface area contributed by atoms with Crippen LogP contribution in [0.1, 0.15) is 32.6 Å². The van der Waals surface area contributed by atoms with E-state index in [1.807, 2.05) is 6.92 Å². The van der Waals surface area contributed by atoms with Gasteiger partial charge in [-0.1, -0.05) is 34.8 Å². The average molecular weight is 568 g/mol. The van der Waals surface area contributed by atoms with Crippen LogP contribution >= 0.6 is 34.8 Å². The number of sulfone groups is 1. The van der Waals surface area contributed by atoms with Crippen LogP contribution < -0.4 is 4.31 Å². The molecule has 11 heteroatoms. The van der Waals surface area contributed by atoms with Crippen LogP contribution in [-0.4, -0.2) is 58.9 Å². The van der Waals surface area contributed by atoms with Gasteiger partial charge in [-0.05, 0) is 88.2 Å². The molecule has 0 N–H and O–H groups in total. The summed E-state index contributed by atoms with van der Waals surface area (Å²) in [6.45, 7) is 3.88. The molecule has 2 atom stereocenters. The van der Waals surface area contributed by atoms with Gasteiger partial charge in [0.2, 0.25) is 0 Å². The van der Waals surface area contributed by atoms with Crippen LogP contribution in [0.5, 0.6) is 0 Å². The molecule has 188 valence electrons. The minimum absolute atomic E-state index is 0.104. The van der Waals surface area contributed by atoms with E-state index in [9.17, 15) is 16.8 Å². The Hall–Kier alpha value is -1.03. The maximum Gasteiger partial charge on any atom is 0.264 e. The molecule has 0 aromatic heterocycles. The highest BCUT2D eigenvalue weighted by molar-refractivity contribution is 7.93. The summed E-state index contributed by atoms with van der Waals surface area (Å²) in [5.74, 6) is 0. The minimum Gasteiger partial charge on any atom is -0.302 e. The van der Waals surface area contributed by atoms with Gasteiger partial charge in [-0.15, -0.1) is 0 Å². The molecule has 34 heavy (non-hydrogen) atoms. The number of benzene rings is 2. The third-order valence-corrected chi connectivity index (χ3v) is 10.4. The Morgan fingerprint density at radius 1 is 1.03 bits per heavy atom. The van der Waals surface area contributed by atoms with Crippen molar-refractivity contribution >= 4 is 60.4 Å². The zero-order chi connectivity index (χ0) is 25.1. The molecule has 0 bridgehead atoms. The normalized spacial score (nSPS) is 18.6. The third-order valence-electron chi connectivity index (χ3n) is 6.08. The number of rotatable bonds is 9. The summed E-state index contributed by atoms with van der Waals surface area (Å²) in [6.07, 6.45) is 4.06. The second-order valence-corrected chi connectivity index (χ2v) is 14.2. The highest BCUT2D eigenvalue weighted by atomic mass is 35.5. The van der Waals surface area contributed by atoms with Crippen LogP contribution in [0.3, 0.4) is 0 Å². The topological polar surface area (TPSA) is 74.8 Å². The van der Waals surface area contributed by atoms with Crippen molar-refractivity contribution in [2.45, 2.75) is 48.8 Å². The molecule has 6 nitrogen and oxygen atoms in total. The fraction of sp³-hybridized carbons (Fsp3) is 0.478. The number of hydrogen-bond donors (Lipinski definition) is 0. The van der Waals surface area contributed by atoms with E-state index in [0.29, 0.717) is 48.1 Å². The summed E-state index contributed by atoms with van der Waals surface area (Å²) in [4.78, 5) is 2.25. The molecule has 0 aliphatic carbocycles. The number of piperidine rings is 1. The quantitative estimate of drug-likeness (QED) is 0.399. The second-order valence-electron chi connectivity index (χ2n) is 8.74. The second kappa shape index (κ2) is 11.4. The molecule has 0 radical (unpaired) electrons. The van der Waals surface area contributed by atoms with Crippen molar-refractivity contribution in [1.29, 1.82) is 0 Å². The van der Waals surface area contributed by atoms with E-state index in [2.05, 4.69) is 4.90 Å². The molecule has 1 heterocycles. The molecule has 1 saturated heterocycles. The van der Waals surface area contributed by atoms with Gasteiger partial charge in [-0.3, -0.25) is 4.31 Å². The summed E-state index contributed by atoms with van der Waals surface area (Å²) in [7, 11) is -7.03. The lowest BCUT2D eigenvalue weighted by Gasteiger charge is -2.34. The first-order chi connectivity index (χ1) is 15.9. The molecule has 1 aliphatic heterocycles. The molecule has 3 rings (SSSR count). The van der Waals surface area contributed by atoms with Gasteiger partial charge in [0.1, 0.15) is 0 Å². The maximum atomic E-state index is 13.7. The van der Waals surface area contributed by atoms with E-state index in [-0.39, 0.29) is 15.2 Å². The van der Waals surface area contributed by atoms with Crippen molar-refractivity contribution in [3.05, 3.63) is 57.5 Å². The fourth-order valence-electron chi connectivity index (χ4n) is 4.27. The molecule has 0 saturated carbocycles. The Morgan fingerprint density at radius 3 is 2.32 bits per heavy atom. The lowest BCUT2D eigenvalue weighted by atomic mass is 10.1. The zero-order valence-electron chi connectivity index (χ0n) is 19.1. The predicted octanol–water partition coefficient (Wildman–Crippen LogP) is 5.52. The largest absolute Gasteiger partial charge is 0.302 e. The fourth-order valence-corrected chi connectivity index (χ4v) is 7.60. The van der Waals surface area contributed by atoms with Crippen LogP contribution in [0.4, 0.5) is 5.69 Å². The van der Waals surface area contributed by atoms with Crippen LogP contribution in [0.2, 0.25) is 15.1 Å². The zero-order valence-corrected chi connectivity index (χ0v) is 23.0. The molecule has 1 aliphatic rings. The van der Waals surface area contributed by atoms with Gasteiger partial charge in [0, 0.05) is 28.9 Å². The van der Waals surface area contributed by atoms with Gasteiger partial charge in [0.05, 0.1) is 20.9 Å². The molecule has 2 aromatic carbocycles. The number of sulfonamides is 1. The van der Waals surface area contributed by atoms with E-state index in [1.165, 1.54) is 34.8 Å². The molecule has 0 amide bonds. The van der Waals surface area contributed by atoms with E-state index >= 15 is 0 Å². The van der Waals surface area contributed by atoms with Crippen molar-refractivity contribution in [2.75, 3.05) is 30.2 Å². The Kier molecular flexibility index (Phi) is 9.20. The first-order valence-electron chi connectivity index (χ1n) is 11.1. The lowest BCUT2D eigenvalue weighted by molar-refractivity contribution is 0.225. The summed E-state index contributed by atoms with van der Waals surface area (Å²) in [6, 6.07) is 10.3. The monoisotopic (exact) mass is 566 g/mol.